The van der Waals surface area contributed by atoms with Crippen molar-refractivity contribution in [1.82, 2.24) is 9.97 Å². The predicted octanol–water partition coefficient (Wildman–Crippen LogP) is 3.37. The van der Waals surface area contributed by atoms with Gasteiger partial charge in [0.2, 0.25) is 5.95 Å². The van der Waals surface area contributed by atoms with Crippen LogP contribution in [0.5, 0.6) is 17.2 Å². The van der Waals surface area contributed by atoms with E-state index < -0.39 is 0 Å². The smallest absolute Gasteiger partial charge is 0.258 e. The van der Waals surface area contributed by atoms with Crippen molar-refractivity contribution in [1.29, 1.82) is 0 Å². The SMILES string of the molecule is COc1ccc(CNc2ncc(C(=O)Nc3cc(OC)ccc3OC)cn2)cc1. The number of nitrogens with one attached hydrogen (secondary N) is 2. The van der Waals surface area contributed by atoms with Crippen molar-refractivity contribution in [2.45, 2.75) is 6.54 Å². The molecule has 1 amide bonds. The van der Waals surface area contributed by atoms with Gasteiger partial charge in [0.1, 0.15) is 17.2 Å². The number of anilines is 2. The minimum atomic E-state index is -0.349. The quantitative estimate of drug-likeness (QED) is 0.605. The van der Waals surface area contributed by atoms with E-state index in [0.29, 0.717) is 35.2 Å². The summed E-state index contributed by atoms with van der Waals surface area (Å²) in [7, 11) is 4.71. The highest BCUT2D eigenvalue weighted by Gasteiger charge is 2.12. The number of rotatable bonds is 8. The highest BCUT2D eigenvalue weighted by atomic mass is 16.5. The zero-order chi connectivity index (χ0) is 20.6. The van der Waals surface area contributed by atoms with E-state index in [1.54, 1.807) is 32.4 Å². The largest absolute Gasteiger partial charge is 0.497 e. The lowest BCUT2D eigenvalue weighted by molar-refractivity contribution is 0.102. The number of ether oxygens (including phenoxy) is 3. The van der Waals surface area contributed by atoms with Crippen LogP contribution in [0, 0.1) is 0 Å². The highest BCUT2D eigenvalue weighted by Crippen LogP contribution is 2.29. The van der Waals surface area contributed by atoms with Gasteiger partial charge in [-0.05, 0) is 29.8 Å². The van der Waals surface area contributed by atoms with E-state index in [9.17, 15) is 4.79 Å². The van der Waals surface area contributed by atoms with Crippen LogP contribution in [-0.2, 0) is 6.54 Å². The van der Waals surface area contributed by atoms with E-state index in [1.165, 1.54) is 19.5 Å². The fourth-order valence-electron chi connectivity index (χ4n) is 2.57. The molecule has 0 atom stereocenters. The lowest BCUT2D eigenvalue weighted by atomic mass is 10.2. The van der Waals surface area contributed by atoms with Crippen molar-refractivity contribution < 1.29 is 19.0 Å². The van der Waals surface area contributed by atoms with Crippen molar-refractivity contribution >= 4 is 17.5 Å². The second-order valence-corrected chi connectivity index (χ2v) is 6.02. The first-order valence-electron chi connectivity index (χ1n) is 8.85. The zero-order valence-corrected chi connectivity index (χ0v) is 16.4. The number of hydrogen-bond acceptors (Lipinski definition) is 7. The maximum atomic E-state index is 12.5. The molecule has 0 saturated carbocycles. The molecule has 1 aromatic heterocycles. The van der Waals surface area contributed by atoms with Gasteiger partial charge in [0.05, 0.1) is 32.6 Å². The van der Waals surface area contributed by atoms with Gasteiger partial charge in [-0.3, -0.25) is 4.79 Å². The third kappa shape index (κ3) is 5.13. The summed E-state index contributed by atoms with van der Waals surface area (Å²) in [6.07, 6.45) is 2.93. The van der Waals surface area contributed by atoms with Gasteiger partial charge >= 0.3 is 0 Å². The van der Waals surface area contributed by atoms with Gasteiger partial charge in [0.15, 0.2) is 0 Å². The molecule has 0 aliphatic heterocycles. The Morgan fingerprint density at radius 2 is 1.55 bits per heavy atom. The first-order chi connectivity index (χ1) is 14.1. The van der Waals surface area contributed by atoms with Crippen LogP contribution >= 0.6 is 0 Å². The summed E-state index contributed by atoms with van der Waals surface area (Å²) in [5.41, 5.74) is 1.88. The Morgan fingerprint density at radius 3 is 2.17 bits per heavy atom. The molecule has 0 saturated heterocycles. The molecule has 3 aromatic rings. The van der Waals surface area contributed by atoms with Gasteiger partial charge in [-0.2, -0.15) is 0 Å². The van der Waals surface area contributed by atoms with Crippen molar-refractivity contribution in [2.75, 3.05) is 32.0 Å². The van der Waals surface area contributed by atoms with E-state index >= 15 is 0 Å². The molecule has 0 unspecified atom stereocenters. The number of carbonyl (C=O) groups excluding carboxylic acids is 1. The molecule has 0 radical (unpaired) electrons. The Hall–Kier alpha value is -3.81. The summed E-state index contributed by atoms with van der Waals surface area (Å²) in [6, 6.07) is 12.8. The summed E-state index contributed by atoms with van der Waals surface area (Å²) in [6.45, 7) is 0.552. The van der Waals surface area contributed by atoms with Crippen molar-refractivity contribution in [3.8, 4) is 17.2 Å². The van der Waals surface area contributed by atoms with E-state index in [-0.39, 0.29) is 5.91 Å². The first-order valence-corrected chi connectivity index (χ1v) is 8.85. The van der Waals surface area contributed by atoms with Gasteiger partial charge in [-0.15, -0.1) is 0 Å². The van der Waals surface area contributed by atoms with Crippen LogP contribution in [0.3, 0.4) is 0 Å². The number of nitrogens with zero attached hydrogens (tertiary/aromatic N) is 2. The van der Waals surface area contributed by atoms with E-state index in [2.05, 4.69) is 20.6 Å². The van der Waals surface area contributed by atoms with E-state index in [0.717, 1.165) is 11.3 Å². The number of carbonyl (C=O) groups is 1. The normalized spacial score (nSPS) is 10.2. The van der Waals surface area contributed by atoms with Crippen LogP contribution in [0.2, 0.25) is 0 Å². The van der Waals surface area contributed by atoms with Crippen LogP contribution in [0.25, 0.3) is 0 Å². The number of hydrogen-bond donors (Lipinski definition) is 2. The van der Waals surface area contributed by atoms with Crippen molar-refractivity contribution in [3.05, 3.63) is 66.0 Å². The molecule has 150 valence electrons. The summed E-state index contributed by atoms with van der Waals surface area (Å²) in [4.78, 5) is 20.9. The Bertz CT molecular complexity index is 959. The van der Waals surface area contributed by atoms with Crippen molar-refractivity contribution in [3.63, 3.8) is 0 Å². The Labute approximate surface area is 168 Å². The van der Waals surface area contributed by atoms with E-state index in [1.807, 2.05) is 24.3 Å². The molecule has 3 rings (SSSR count). The van der Waals surface area contributed by atoms with Crippen LogP contribution < -0.4 is 24.8 Å². The minimum absolute atomic E-state index is 0.324. The Morgan fingerprint density at radius 1 is 0.897 bits per heavy atom. The number of benzene rings is 2. The number of methoxy groups -OCH3 is 3. The molecular weight excluding hydrogens is 372 g/mol. The fraction of sp³-hybridized carbons (Fsp3) is 0.190. The van der Waals surface area contributed by atoms with Gasteiger partial charge in [0, 0.05) is 25.0 Å². The topological polar surface area (TPSA) is 94.6 Å². The van der Waals surface area contributed by atoms with Gasteiger partial charge in [-0.1, -0.05) is 12.1 Å². The molecule has 2 aromatic carbocycles. The molecule has 0 aliphatic rings. The second-order valence-electron chi connectivity index (χ2n) is 6.02. The van der Waals surface area contributed by atoms with Crippen molar-refractivity contribution in [2.24, 2.45) is 0 Å². The molecule has 0 aliphatic carbocycles. The van der Waals surface area contributed by atoms with E-state index in [4.69, 9.17) is 14.2 Å². The molecule has 29 heavy (non-hydrogen) atoms. The average Bonchev–Trinajstić information content (AvgIpc) is 2.78. The minimum Gasteiger partial charge on any atom is -0.497 e. The molecule has 0 bridgehead atoms. The Kier molecular flexibility index (Phi) is 6.47. The first kappa shape index (κ1) is 19.9. The lowest BCUT2D eigenvalue weighted by Crippen LogP contribution is -2.14. The fourth-order valence-corrected chi connectivity index (χ4v) is 2.57. The summed E-state index contributed by atoms with van der Waals surface area (Å²) < 4.78 is 15.6. The molecule has 0 spiro atoms. The molecular formula is C21H22N4O4. The van der Waals surface area contributed by atoms with Crippen LogP contribution in [0.1, 0.15) is 15.9 Å². The summed E-state index contributed by atoms with van der Waals surface area (Å²) in [5.74, 6) is 2.01. The maximum Gasteiger partial charge on any atom is 0.258 e. The third-order valence-electron chi connectivity index (χ3n) is 4.18. The number of amides is 1. The van der Waals surface area contributed by atoms with Gasteiger partial charge in [0.25, 0.3) is 5.91 Å². The summed E-state index contributed by atoms with van der Waals surface area (Å²) >= 11 is 0. The standard InChI is InChI=1S/C21H22N4O4/c1-27-16-6-4-14(5-7-16)11-22-21-23-12-15(13-24-21)20(26)25-18-10-17(28-2)8-9-19(18)29-3/h4-10,12-13H,11H2,1-3H3,(H,25,26)(H,22,23,24). The van der Waals surface area contributed by atoms with Crippen LogP contribution in [0.4, 0.5) is 11.6 Å². The highest BCUT2D eigenvalue weighted by molar-refractivity contribution is 6.04. The molecule has 8 nitrogen and oxygen atoms in total. The molecule has 2 N–H and O–H groups in total. The molecule has 0 fully saturated rings. The monoisotopic (exact) mass is 394 g/mol. The third-order valence-corrected chi connectivity index (χ3v) is 4.18. The second kappa shape index (κ2) is 9.41. The van der Waals surface area contributed by atoms with Gasteiger partial charge < -0.3 is 24.8 Å². The van der Waals surface area contributed by atoms with Gasteiger partial charge in [-0.25, -0.2) is 9.97 Å². The lowest BCUT2D eigenvalue weighted by Gasteiger charge is -2.12. The zero-order valence-electron chi connectivity index (χ0n) is 16.4. The number of aromatic nitrogens is 2. The average molecular weight is 394 g/mol. The predicted molar refractivity (Wildman–Crippen MR) is 110 cm³/mol. The molecule has 1 heterocycles. The van der Waals surface area contributed by atoms with Crippen LogP contribution in [0.15, 0.2) is 54.9 Å². The summed E-state index contributed by atoms with van der Waals surface area (Å²) in [5, 5.41) is 5.90. The molecule has 8 heteroatoms. The maximum absolute atomic E-state index is 12.5. The Balaban J connectivity index is 1.62. The van der Waals surface area contributed by atoms with Crippen LogP contribution in [-0.4, -0.2) is 37.2 Å².